The van der Waals surface area contributed by atoms with Crippen LogP contribution in [-0.4, -0.2) is 44.7 Å². The first-order valence-corrected chi connectivity index (χ1v) is 9.83. The number of sulfonamides is 1. The fraction of sp³-hybridized carbons (Fsp3) is 0.300. The minimum atomic E-state index is -3.67. The summed E-state index contributed by atoms with van der Waals surface area (Å²) in [6.07, 6.45) is -0.993. The van der Waals surface area contributed by atoms with E-state index in [0.29, 0.717) is 5.56 Å². The third-order valence-electron chi connectivity index (χ3n) is 4.16. The molecule has 2 aromatic carbocycles. The Morgan fingerprint density at radius 1 is 1.04 bits per heavy atom. The molecule has 0 unspecified atom stereocenters. The summed E-state index contributed by atoms with van der Waals surface area (Å²) in [6.45, 7) is 5.20. The van der Waals surface area contributed by atoms with Crippen molar-refractivity contribution in [1.82, 2.24) is 4.31 Å². The van der Waals surface area contributed by atoms with Crippen LogP contribution in [0.3, 0.4) is 0 Å². The number of benzene rings is 2. The van der Waals surface area contributed by atoms with Gasteiger partial charge in [-0.05, 0) is 50.6 Å². The maximum atomic E-state index is 12.6. The van der Waals surface area contributed by atoms with Crippen molar-refractivity contribution >= 4 is 21.8 Å². The number of esters is 1. The summed E-state index contributed by atoms with van der Waals surface area (Å²) in [6, 6.07) is 11.1. The summed E-state index contributed by atoms with van der Waals surface area (Å²) >= 11 is 0. The van der Waals surface area contributed by atoms with Crippen LogP contribution in [-0.2, 0) is 14.8 Å². The molecule has 7 heteroatoms. The smallest absolute Gasteiger partial charge is 0.338 e. The average Bonchev–Trinajstić information content (AvgIpc) is 2.62. The molecule has 0 aliphatic carbocycles. The molecule has 0 spiro atoms. The standard InChI is InChI=1S/C20H23NO5S/c1-13-9-10-14(2)18(11-13)19(22)15(3)26-20(23)16-7-6-8-17(12-16)27(24,25)21(4)5/h6-12,15H,1-5H3/t15-/m1/s1. The molecule has 0 saturated heterocycles. The Morgan fingerprint density at radius 3 is 2.33 bits per heavy atom. The second-order valence-electron chi connectivity index (χ2n) is 6.55. The topological polar surface area (TPSA) is 80.8 Å². The van der Waals surface area contributed by atoms with E-state index >= 15 is 0 Å². The van der Waals surface area contributed by atoms with E-state index in [9.17, 15) is 18.0 Å². The molecule has 0 saturated carbocycles. The van der Waals surface area contributed by atoms with Crippen molar-refractivity contribution < 1.29 is 22.7 Å². The number of nitrogens with zero attached hydrogens (tertiary/aromatic N) is 1. The largest absolute Gasteiger partial charge is 0.451 e. The Labute approximate surface area is 159 Å². The maximum Gasteiger partial charge on any atom is 0.338 e. The van der Waals surface area contributed by atoms with Crippen molar-refractivity contribution in [3.05, 3.63) is 64.7 Å². The van der Waals surface area contributed by atoms with Gasteiger partial charge in [-0.25, -0.2) is 17.5 Å². The number of carbonyl (C=O) groups excluding carboxylic acids is 2. The zero-order valence-corrected chi connectivity index (χ0v) is 16.8. The van der Waals surface area contributed by atoms with Gasteiger partial charge in [-0.3, -0.25) is 4.79 Å². The maximum absolute atomic E-state index is 12.6. The van der Waals surface area contributed by atoms with Gasteiger partial charge in [0.2, 0.25) is 15.8 Å². The van der Waals surface area contributed by atoms with Gasteiger partial charge in [0.05, 0.1) is 10.5 Å². The Balaban J connectivity index is 2.22. The van der Waals surface area contributed by atoms with Gasteiger partial charge in [0, 0.05) is 19.7 Å². The molecule has 0 bridgehead atoms. The summed E-state index contributed by atoms with van der Waals surface area (Å²) in [5.41, 5.74) is 2.30. The van der Waals surface area contributed by atoms with Crippen LogP contribution in [0.15, 0.2) is 47.4 Å². The second kappa shape index (κ2) is 8.02. The van der Waals surface area contributed by atoms with Gasteiger partial charge in [0.1, 0.15) is 0 Å². The Morgan fingerprint density at radius 2 is 1.70 bits per heavy atom. The summed E-state index contributed by atoms with van der Waals surface area (Å²) in [4.78, 5) is 25.0. The molecule has 1 atom stereocenters. The fourth-order valence-electron chi connectivity index (χ4n) is 2.50. The summed E-state index contributed by atoms with van der Waals surface area (Å²) < 4.78 is 30.8. The molecule has 0 N–H and O–H groups in total. The lowest BCUT2D eigenvalue weighted by molar-refractivity contribution is 0.0318. The van der Waals surface area contributed by atoms with E-state index < -0.39 is 22.1 Å². The van der Waals surface area contributed by atoms with Crippen LogP contribution in [0.5, 0.6) is 0 Å². The van der Waals surface area contributed by atoms with Gasteiger partial charge >= 0.3 is 5.97 Å². The predicted octanol–water partition coefficient (Wildman–Crippen LogP) is 2.98. The summed E-state index contributed by atoms with van der Waals surface area (Å²) in [7, 11) is -0.856. The number of carbonyl (C=O) groups is 2. The Kier molecular flexibility index (Phi) is 6.18. The van der Waals surface area contributed by atoms with Gasteiger partial charge in [-0.2, -0.15) is 0 Å². The molecule has 2 aromatic rings. The van der Waals surface area contributed by atoms with Gasteiger partial charge in [0.15, 0.2) is 6.10 Å². The van der Waals surface area contributed by atoms with Crippen molar-refractivity contribution in [2.75, 3.05) is 14.1 Å². The molecule has 0 heterocycles. The van der Waals surface area contributed by atoms with Crippen LogP contribution in [0.1, 0.15) is 38.8 Å². The number of rotatable bonds is 6. The second-order valence-corrected chi connectivity index (χ2v) is 8.70. The van der Waals surface area contributed by atoms with Crippen molar-refractivity contribution in [3.63, 3.8) is 0 Å². The van der Waals surface area contributed by atoms with Crippen molar-refractivity contribution in [1.29, 1.82) is 0 Å². The zero-order valence-electron chi connectivity index (χ0n) is 16.0. The summed E-state index contributed by atoms with van der Waals surface area (Å²) in [5, 5.41) is 0. The van der Waals surface area contributed by atoms with E-state index in [1.807, 2.05) is 26.0 Å². The molecule has 6 nitrogen and oxygen atoms in total. The first-order chi connectivity index (χ1) is 12.5. The van der Waals surface area contributed by atoms with Gasteiger partial charge in [-0.15, -0.1) is 0 Å². The first kappa shape index (κ1) is 20.8. The van der Waals surface area contributed by atoms with Gasteiger partial charge in [0.25, 0.3) is 0 Å². The van der Waals surface area contributed by atoms with E-state index in [2.05, 4.69) is 0 Å². The monoisotopic (exact) mass is 389 g/mol. The molecular formula is C20H23NO5S. The molecule has 144 valence electrons. The number of hydrogen-bond donors (Lipinski definition) is 0. The number of Topliss-reactive ketones (excluding diaryl/α,β-unsaturated/α-hetero) is 1. The Bertz CT molecular complexity index is 980. The lowest BCUT2D eigenvalue weighted by atomic mass is 9.99. The number of hydrogen-bond acceptors (Lipinski definition) is 5. The summed E-state index contributed by atoms with van der Waals surface area (Å²) in [5.74, 6) is -1.06. The minimum absolute atomic E-state index is 0.0181. The molecule has 0 radical (unpaired) electrons. The molecule has 0 amide bonds. The number of aryl methyl sites for hydroxylation is 2. The highest BCUT2D eigenvalue weighted by Gasteiger charge is 2.23. The SMILES string of the molecule is Cc1ccc(C)c(C(=O)[C@@H](C)OC(=O)c2cccc(S(=O)(=O)N(C)C)c2)c1. The van der Waals surface area contributed by atoms with Crippen LogP contribution in [0.4, 0.5) is 0 Å². The fourth-order valence-corrected chi connectivity index (χ4v) is 3.44. The van der Waals surface area contributed by atoms with Crippen LogP contribution in [0, 0.1) is 13.8 Å². The normalized spacial score (nSPS) is 12.7. The Hall–Kier alpha value is -2.51. The highest BCUT2D eigenvalue weighted by molar-refractivity contribution is 7.89. The zero-order chi connectivity index (χ0) is 20.4. The molecule has 2 rings (SSSR count). The molecule has 0 fully saturated rings. The lowest BCUT2D eigenvalue weighted by Gasteiger charge is -2.15. The quantitative estimate of drug-likeness (QED) is 0.560. The van der Waals surface area contributed by atoms with Crippen LogP contribution in [0.2, 0.25) is 0 Å². The first-order valence-electron chi connectivity index (χ1n) is 8.39. The number of ketones is 1. The number of ether oxygens (including phenoxy) is 1. The highest BCUT2D eigenvalue weighted by Crippen LogP contribution is 2.18. The van der Waals surface area contributed by atoms with E-state index in [0.717, 1.165) is 15.4 Å². The van der Waals surface area contributed by atoms with Crippen molar-refractivity contribution in [2.45, 2.75) is 31.8 Å². The highest BCUT2D eigenvalue weighted by atomic mass is 32.2. The van der Waals surface area contributed by atoms with E-state index in [-0.39, 0.29) is 16.2 Å². The van der Waals surface area contributed by atoms with Crippen molar-refractivity contribution in [2.24, 2.45) is 0 Å². The van der Waals surface area contributed by atoms with Crippen LogP contribution in [0.25, 0.3) is 0 Å². The average molecular weight is 389 g/mol. The van der Waals surface area contributed by atoms with Gasteiger partial charge < -0.3 is 4.74 Å². The third kappa shape index (κ3) is 4.61. The van der Waals surface area contributed by atoms with E-state index in [1.165, 1.54) is 45.3 Å². The molecular weight excluding hydrogens is 366 g/mol. The predicted molar refractivity (Wildman–Crippen MR) is 102 cm³/mol. The molecule has 0 aromatic heterocycles. The molecule has 0 aliphatic rings. The third-order valence-corrected chi connectivity index (χ3v) is 5.97. The van der Waals surface area contributed by atoms with E-state index in [1.54, 1.807) is 6.07 Å². The molecule has 0 aliphatic heterocycles. The lowest BCUT2D eigenvalue weighted by Crippen LogP contribution is -2.26. The van der Waals surface area contributed by atoms with E-state index in [4.69, 9.17) is 4.74 Å². The van der Waals surface area contributed by atoms with Crippen LogP contribution < -0.4 is 0 Å². The minimum Gasteiger partial charge on any atom is -0.451 e. The van der Waals surface area contributed by atoms with Crippen LogP contribution >= 0.6 is 0 Å². The van der Waals surface area contributed by atoms with Crippen molar-refractivity contribution in [3.8, 4) is 0 Å². The molecule has 27 heavy (non-hydrogen) atoms. The van der Waals surface area contributed by atoms with Gasteiger partial charge in [-0.1, -0.05) is 23.8 Å².